The van der Waals surface area contributed by atoms with Gasteiger partial charge in [-0.15, -0.1) is 0 Å². The zero-order valence-corrected chi connectivity index (χ0v) is 18.1. The summed E-state index contributed by atoms with van der Waals surface area (Å²) < 4.78 is 28.9. The SMILES string of the molecule is O=C(Cn1c(SC(F)F)nc2ccccc21)NCc1cccc(NC(=O)Cn2cccn2)c1. The number of carbonyl (C=O) groups excluding carboxylic acids is 2. The van der Waals surface area contributed by atoms with Gasteiger partial charge in [-0.1, -0.05) is 24.3 Å². The second kappa shape index (κ2) is 10.3. The number of nitrogens with one attached hydrogen (secondary N) is 2. The fourth-order valence-electron chi connectivity index (χ4n) is 3.28. The molecule has 0 spiro atoms. The standard InChI is InChI=1S/C22H20F2N6O2S/c23-21(24)33-22-28-17-7-1-2-8-18(17)30(22)14-19(31)25-12-15-5-3-6-16(11-15)27-20(32)13-29-10-4-9-26-29/h1-11,21H,12-14H2,(H,25,31)(H,27,32). The molecule has 2 aromatic heterocycles. The Kier molecular flexibility index (Phi) is 6.98. The van der Waals surface area contributed by atoms with E-state index in [1.807, 2.05) is 6.07 Å². The number of thioether (sulfide) groups is 1. The molecule has 0 aliphatic heterocycles. The van der Waals surface area contributed by atoms with Gasteiger partial charge in [0.1, 0.15) is 13.1 Å². The fourth-order valence-corrected chi connectivity index (χ4v) is 3.88. The average molecular weight is 471 g/mol. The molecular formula is C22H20F2N6O2S. The van der Waals surface area contributed by atoms with E-state index in [1.54, 1.807) is 60.9 Å². The molecule has 33 heavy (non-hydrogen) atoms. The lowest BCUT2D eigenvalue weighted by atomic mass is 10.2. The van der Waals surface area contributed by atoms with E-state index >= 15 is 0 Å². The van der Waals surface area contributed by atoms with Crippen LogP contribution in [0.2, 0.25) is 0 Å². The van der Waals surface area contributed by atoms with Crippen LogP contribution in [-0.2, 0) is 29.2 Å². The molecule has 4 aromatic rings. The topological polar surface area (TPSA) is 93.8 Å². The van der Waals surface area contributed by atoms with Crippen LogP contribution in [-0.4, -0.2) is 36.9 Å². The summed E-state index contributed by atoms with van der Waals surface area (Å²) in [5, 5.41) is 9.66. The van der Waals surface area contributed by atoms with Crippen LogP contribution in [0.3, 0.4) is 0 Å². The van der Waals surface area contributed by atoms with Crippen molar-refractivity contribution in [3.63, 3.8) is 0 Å². The lowest BCUT2D eigenvalue weighted by Gasteiger charge is -2.11. The van der Waals surface area contributed by atoms with Crippen molar-refractivity contribution in [2.45, 2.75) is 30.5 Å². The van der Waals surface area contributed by atoms with Gasteiger partial charge >= 0.3 is 0 Å². The first-order valence-electron chi connectivity index (χ1n) is 10.0. The highest BCUT2D eigenvalue weighted by Gasteiger charge is 2.17. The number of hydrogen-bond acceptors (Lipinski definition) is 5. The minimum Gasteiger partial charge on any atom is -0.350 e. The first-order valence-corrected chi connectivity index (χ1v) is 10.9. The predicted molar refractivity (Wildman–Crippen MR) is 121 cm³/mol. The van der Waals surface area contributed by atoms with Crippen molar-refractivity contribution < 1.29 is 18.4 Å². The lowest BCUT2D eigenvalue weighted by molar-refractivity contribution is -0.122. The number of nitrogens with zero attached hydrogens (tertiary/aromatic N) is 4. The Balaban J connectivity index is 1.37. The Hall–Kier alpha value is -3.73. The van der Waals surface area contributed by atoms with E-state index in [4.69, 9.17) is 0 Å². The first kappa shape index (κ1) is 22.5. The third-order valence-electron chi connectivity index (χ3n) is 4.68. The van der Waals surface area contributed by atoms with Crippen molar-refractivity contribution in [3.8, 4) is 0 Å². The number of aromatic nitrogens is 4. The molecule has 0 saturated carbocycles. The molecular weight excluding hydrogens is 450 g/mol. The maximum absolute atomic E-state index is 12.9. The normalized spacial score (nSPS) is 11.1. The van der Waals surface area contributed by atoms with Gasteiger partial charge in [0.2, 0.25) is 11.8 Å². The molecule has 0 radical (unpaired) electrons. The molecule has 0 saturated heterocycles. The minimum absolute atomic E-state index is 0.0863. The van der Waals surface area contributed by atoms with Gasteiger partial charge in [0.05, 0.1) is 11.0 Å². The van der Waals surface area contributed by atoms with Gasteiger partial charge in [-0.3, -0.25) is 14.3 Å². The van der Waals surface area contributed by atoms with E-state index in [0.717, 1.165) is 5.56 Å². The summed E-state index contributed by atoms with van der Waals surface area (Å²) in [7, 11) is 0. The molecule has 0 atom stereocenters. The number of imidazole rings is 1. The molecule has 4 rings (SSSR count). The fraction of sp³-hybridized carbons (Fsp3) is 0.182. The maximum Gasteiger partial charge on any atom is 0.291 e. The largest absolute Gasteiger partial charge is 0.350 e. The molecule has 2 aromatic carbocycles. The van der Waals surface area contributed by atoms with Crippen molar-refractivity contribution in [3.05, 3.63) is 72.6 Å². The van der Waals surface area contributed by atoms with E-state index in [9.17, 15) is 18.4 Å². The first-order chi connectivity index (χ1) is 16.0. The Morgan fingerprint density at radius 2 is 1.88 bits per heavy atom. The number of benzene rings is 2. The van der Waals surface area contributed by atoms with Gasteiger partial charge in [-0.25, -0.2) is 4.98 Å². The number of fused-ring (bicyclic) bond motifs is 1. The Labute approximate surface area is 192 Å². The number of carbonyl (C=O) groups is 2. The highest BCUT2D eigenvalue weighted by molar-refractivity contribution is 7.99. The summed E-state index contributed by atoms with van der Waals surface area (Å²) in [5.74, 6) is -3.21. The van der Waals surface area contributed by atoms with E-state index in [-0.39, 0.29) is 36.6 Å². The number of anilines is 1. The summed E-state index contributed by atoms with van der Waals surface area (Å²) >= 11 is 0.308. The van der Waals surface area contributed by atoms with Crippen LogP contribution in [0.4, 0.5) is 14.5 Å². The Morgan fingerprint density at radius 1 is 1.03 bits per heavy atom. The predicted octanol–water partition coefficient (Wildman–Crippen LogP) is 3.50. The van der Waals surface area contributed by atoms with Gasteiger partial charge < -0.3 is 15.2 Å². The molecule has 0 aliphatic carbocycles. The molecule has 2 amide bonds. The summed E-state index contributed by atoms with van der Waals surface area (Å²) in [6.45, 7) is 0.160. The zero-order valence-electron chi connectivity index (χ0n) is 17.3. The van der Waals surface area contributed by atoms with Crippen molar-refractivity contribution in [2.24, 2.45) is 0 Å². The molecule has 11 heteroatoms. The van der Waals surface area contributed by atoms with Crippen LogP contribution in [0.15, 0.2) is 72.1 Å². The number of hydrogen-bond donors (Lipinski definition) is 2. The summed E-state index contributed by atoms with van der Waals surface area (Å²) in [6, 6.07) is 15.8. The second-order valence-electron chi connectivity index (χ2n) is 7.08. The van der Waals surface area contributed by atoms with Crippen molar-refractivity contribution in [1.29, 1.82) is 0 Å². The summed E-state index contributed by atoms with van der Waals surface area (Å²) in [5.41, 5.74) is 2.53. The highest BCUT2D eigenvalue weighted by Crippen LogP contribution is 2.28. The second-order valence-corrected chi connectivity index (χ2v) is 8.03. The Morgan fingerprint density at radius 3 is 2.67 bits per heavy atom. The maximum atomic E-state index is 12.9. The smallest absolute Gasteiger partial charge is 0.291 e. The average Bonchev–Trinajstić information content (AvgIpc) is 3.40. The van der Waals surface area contributed by atoms with Crippen LogP contribution < -0.4 is 10.6 Å². The van der Waals surface area contributed by atoms with Gasteiger partial charge in [0.15, 0.2) is 5.16 Å². The molecule has 2 N–H and O–H groups in total. The number of amides is 2. The summed E-state index contributed by atoms with van der Waals surface area (Å²) in [6.07, 6.45) is 3.29. The van der Waals surface area contributed by atoms with Crippen LogP contribution in [0, 0.1) is 0 Å². The van der Waals surface area contributed by atoms with E-state index in [1.165, 1.54) is 9.25 Å². The molecule has 0 unspecified atom stereocenters. The van der Waals surface area contributed by atoms with Crippen LogP contribution in [0.5, 0.6) is 0 Å². The van der Waals surface area contributed by atoms with Crippen molar-refractivity contribution in [2.75, 3.05) is 5.32 Å². The molecule has 170 valence electrons. The van der Waals surface area contributed by atoms with Crippen LogP contribution in [0.25, 0.3) is 11.0 Å². The lowest BCUT2D eigenvalue weighted by Crippen LogP contribution is -2.27. The molecule has 0 bridgehead atoms. The molecule has 8 nitrogen and oxygen atoms in total. The number of halogens is 2. The zero-order chi connectivity index (χ0) is 23.2. The van der Waals surface area contributed by atoms with Crippen LogP contribution >= 0.6 is 11.8 Å². The Bertz CT molecular complexity index is 1260. The number of alkyl halides is 2. The third-order valence-corrected chi connectivity index (χ3v) is 5.38. The van der Waals surface area contributed by atoms with Gasteiger partial charge in [-0.2, -0.15) is 13.9 Å². The van der Waals surface area contributed by atoms with Gasteiger partial charge in [-0.05, 0) is 47.7 Å². The molecule has 0 aliphatic rings. The highest BCUT2D eigenvalue weighted by atomic mass is 32.2. The van der Waals surface area contributed by atoms with Gasteiger partial charge in [0, 0.05) is 24.6 Å². The third kappa shape index (κ3) is 5.95. The molecule has 0 fully saturated rings. The monoisotopic (exact) mass is 470 g/mol. The van der Waals surface area contributed by atoms with Gasteiger partial charge in [0.25, 0.3) is 5.76 Å². The minimum atomic E-state index is -2.64. The van der Waals surface area contributed by atoms with Crippen molar-refractivity contribution in [1.82, 2.24) is 24.6 Å². The van der Waals surface area contributed by atoms with Crippen molar-refractivity contribution >= 4 is 40.3 Å². The quantitative estimate of drug-likeness (QED) is 0.365. The van der Waals surface area contributed by atoms with E-state index in [0.29, 0.717) is 28.5 Å². The number of para-hydroxylation sites is 2. The summed E-state index contributed by atoms with van der Waals surface area (Å²) in [4.78, 5) is 28.9. The van der Waals surface area contributed by atoms with E-state index < -0.39 is 5.76 Å². The molecule has 2 heterocycles. The number of rotatable bonds is 9. The van der Waals surface area contributed by atoms with E-state index in [2.05, 4.69) is 20.7 Å². The van der Waals surface area contributed by atoms with Crippen LogP contribution in [0.1, 0.15) is 5.56 Å².